The maximum atomic E-state index is 13.8. The molecule has 3 nitrogen and oxygen atoms in total. The molecular weight excluding hydrogens is 245 g/mol. The van der Waals surface area contributed by atoms with Crippen LogP contribution in [0.4, 0.5) is 10.1 Å². The number of carbonyl (C=O) groups excluding carboxylic acids is 1. The second-order valence-corrected chi connectivity index (χ2v) is 5.29. The van der Waals surface area contributed by atoms with E-state index >= 15 is 0 Å². The predicted molar refractivity (Wildman–Crippen MR) is 72.8 cm³/mol. The van der Waals surface area contributed by atoms with Crippen LogP contribution >= 0.6 is 0 Å². The van der Waals surface area contributed by atoms with Gasteiger partial charge in [0.05, 0.1) is 18.4 Å². The molecule has 0 bridgehead atoms. The van der Waals surface area contributed by atoms with Crippen molar-refractivity contribution in [2.24, 2.45) is 5.92 Å². The Balaban J connectivity index is 2.08. The third-order valence-corrected chi connectivity index (χ3v) is 3.76. The van der Waals surface area contributed by atoms with E-state index < -0.39 is 5.97 Å². The smallest absolute Gasteiger partial charge is 0.337 e. The van der Waals surface area contributed by atoms with E-state index in [9.17, 15) is 9.18 Å². The highest BCUT2D eigenvalue weighted by Gasteiger charge is 2.19. The van der Waals surface area contributed by atoms with Crippen LogP contribution in [0.25, 0.3) is 0 Å². The molecule has 1 aliphatic rings. The minimum atomic E-state index is -0.444. The molecule has 4 heteroatoms. The number of rotatable bonds is 3. The van der Waals surface area contributed by atoms with E-state index in [0.29, 0.717) is 17.3 Å². The molecule has 0 aromatic heterocycles. The molecule has 1 saturated carbocycles. The Morgan fingerprint density at radius 1 is 1.32 bits per heavy atom. The van der Waals surface area contributed by atoms with Crippen molar-refractivity contribution in [3.8, 4) is 0 Å². The first-order valence-electron chi connectivity index (χ1n) is 6.74. The molecule has 1 aromatic carbocycles. The maximum absolute atomic E-state index is 13.8. The summed E-state index contributed by atoms with van der Waals surface area (Å²) in [6.45, 7) is 2.24. The van der Waals surface area contributed by atoms with Crippen LogP contribution in [-0.4, -0.2) is 19.1 Å². The van der Waals surface area contributed by atoms with Crippen molar-refractivity contribution in [1.29, 1.82) is 0 Å². The fourth-order valence-electron chi connectivity index (χ4n) is 2.51. The second kappa shape index (κ2) is 6.04. The molecule has 104 valence electrons. The number of methoxy groups -OCH3 is 1. The number of nitrogens with one attached hydrogen (secondary N) is 1. The van der Waals surface area contributed by atoms with Gasteiger partial charge in [-0.05, 0) is 49.8 Å². The molecule has 1 aromatic rings. The van der Waals surface area contributed by atoms with E-state index in [0.717, 1.165) is 31.6 Å². The van der Waals surface area contributed by atoms with Crippen LogP contribution in [0.15, 0.2) is 18.2 Å². The molecule has 0 saturated heterocycles. The van der Waals surface area contributed by atoms with Crippen LogP contribution in [0.2, 0.25) is 0 Å². The zero-order valence-corrected chi connectivity index (χ0v) is 11.4. The highest BCUT2D eigenvalue weighted by molar-refractivity contribution is 5.90. The Labute approximate surface area is 113 Å². The molecule has 1 N–H and O–H groups in total. The standard InChI is InChI=1S/C15H20FNO2/c1-10-3-6-12(7-4-10)17-14-9-11(15(18)19-2)5-8-13(14)16/h5,8-10,12,17H,3-4,6-7H2,1-2H3. The average molecular weight is 265 g/mol. The number of ether oxygens (including phenoxy) is 1. The van der Waals surface area contributed by atoms with Crippen molar-refractivity contribution in [2.75, 3.05) is 12.4 Å². The van der Waals surface area contributed by atoms with Gasteiger partial charge in [0.15, 0.2) is 0 Å². The van der Waals surface area contributed by atoms with E-state index in [2.05, 4.69) is 17.0 Å². The molecule has 1 fully saturated rings. The number of esters is 1. The van der Waals surface area contributed by atoms with Crippen LogP contribution in [0, 0.1) is 11.7 Å². The molecule has 0 aliphatic heterocycles. The van der Waals surface area contributed by atoms with Gasteiger partial charge in [0.2, 0.25) is 0 Å². The number of benzene rings is 1. The molecule has 0 atom stereocenters. The number of hydrogen-bond donors (Lipinski definition) is 1. The zero-order chi connectivity index (χ0) is 13.8. The summed E-state index contributed by atoms with van der Waals surface area (Å²) < 4.78 is 18.4. The van der Waals surface area contributed by atoms with E-state index in [1.165, 1.54) is 25.3 Å². The number of halogens is 1. The van der Waals surface area contributed by atoms with Gasteiger partial charge in [-0.25, -0.2) is 9.18 Å². The molecule has 0 radical (unpaired) electrons. The van der Waals surface area contributed by atoms with E-state index in [1.807, 2.05) is 0 Å². The van der Waals surface area contributed by atoms with Crippen LogP contribution in [0.3, 0.4) is 0 Å². The minimum absolute atomic E-state index is 0.290. The summed E-state index contributed by atoms with van der Waals surface area (Å²) in [5.74, 6) is -0.0177. The van der Waals surface area contributed by atoms with E-state index in [-0.39, 0.29) is 5.82 Å². The van der Waals surface area contributed by atoms with Crippen molar-refractivity contribution < 1.29 is 13.9 Å². The molecule has 0 unspecified atom stereocenters. The van der Waals surface area contributed by atoms with Crippen molar-refractivity contribution >= 4 is 11.7 Å². The fourth-order valence-corrected chi connectivity index (χ4v) is 2.51. The van der Waals surface area contributed by atoms with Gasteiger partial charge in [0.1, 0.15) is 5.82 Å². The Morgan fingerprint density at radius 3 is 2.63 bits per heavy atom. The fraction of sp³-hybridized carbons (Fsp3) is 0.533. The minimum Gasteiger partial charge on any atom is -0.465 e. The number of carbonyl (C=O) groups is 1. The van der Waals surface area contributed by atoms with E-state index in [1.54, 1.807) is 0 Å². The van der Waals surface area contributed by atoms with Gasteiger partial charge >= 0.3 is 5.97 Å². The summed E-state index contributed by atoms with van der Waals surface area (Å²) in [4.78, 5) is 11.4. The Bertz CT molecular complexity index is 453. The summed E-state index contributed by atoms with van der Waals surface area (Å²) in [5, 5.41) is 3.21. The summed E-state index contributed by atoms with van der Waals surface area (Å²) in [7, 11) is 1.32. The molecule has 1 aliphatic carbocycles. The highest BCUT2D eigenvalue weighted by atomic mass is 19.1. The van der Waals surface area contributed by atoms with Crippen LogP contribution in [0.5, 0.6) is 0 Å². The van der Waals surface area contributed by atoms with Gasteiger partial charge in [0.25, 0.3) is 0 Å². The van der Waals surface area contributed by atoms with Crippen LogP contribution in [-0.2, 0) is 4.74 Å². The predicted octanol–water partition coefficient (Wildman–Crippen LogP) is 3.60. The van der Waals surface area contributed by atoms with Gasteiger partial charge in [-0.1, -0.05) is 6.92 Å². The first-order valence-corrected chi connectivity index (χ1v) is 6.74. The first kappa shape index (κ1) is 13.8. The molecule has 0 heterocycles. The highest BCUT2D eigenvalue weighted by Crippen LogP contribution is 2.27. The summed E-state index contributed by atoms with van der Waals surface area (Å²) in [6.07, 6.45) is 4.41. The van der Waals surface area contributed by atoms with Crippen molar-refractivity contribution in [3.63, 3.8) is 0 Å². The number of anilines is 1. The number of hydrogen-bond acceptors (Lipinski definition) is 3. The van der Waals surface area contributed by atoms with Gasteiger partial charge in [0, 0.05) is 6.04 Å². The van der Waals surface area contributed by atoms with Crippen LogP contribution in [0.1, 0.15) is 43.0 Å². The topological polar surface area (TPSA) is 38.3 Å². The molecule has 19 heavy (non-hydrogen) atoms. The maximum Gasteiger partial charge on any atom is 0.337 e. The molecule has 0 spiro atoms. The second-order valence-electron chi connectivity index (χ2n) is 5.29. The van der Waals surface area contributed by atoms with Crippen molar-refractivity contribution in [1.82, 2.24) is 0 Å². The first-order chi connectivity index (χ1) is 9.10. The van der Waals surface area contributed by atoms with Crippen molar-refractivity contribution in [2.45, 2.75) is 38.6 Å². The Kier molecular flexibility index (Phi) is 4.40. The zero-order valence-electron chi connectivity index (χ0n) is 11.4. The Hall–Kier alpha value is -1.58. The average Bonchev–Trinajstić information content (AvgIpc) is 2.43. The largest absolute Gasteiger partial charge is 0.465 e. The SMILES string of the molecule is COC(=O)c1ccc(F)c(NC2CCC(C)CC2)c1. The lowest BCUT2D eigenvalue weighted by molar-refractivity contribution is 0.0600. The quantitative estimate of drug-likeness (QED) is 0.849. The van der Waals surface area contributed by atoms with Crippen LogP contribution < -0.4 is 5.32 Å². The van der Waals surface area contributed by atoms with Gasteiger partial charge in [-0.15, -0.1) is 0 Å². The Morgan fingerprint density at radius 2 is 2.00 bits per heavy atom. The molecule has 2 rings (SSSR count). The lowest BCUT2D eigenvalue weighted by Gasteiger charge is -2.28. The lowest BCUT2D eigenvalue weighted by atomic mass is 9.87. The summed E-state index contributed by atoms with van der Waals surface area (Å²) in [5.41, 5.74) is 0.762. The van der Waals surface area contributed by atoms with Gasteiger partial charge < -0.3 is 10.1 Å². The molecular formula is C15H20FNO2. The monoisotopic (exact) mass is 265 g/mol. The third kappa shape index (κ3) is 3.46. The van der Waals surface area contributed by atoms with Gasteiger partial charge in [-0.2, -0.15) is 0 Å². The lowest BCUT2D eigenvalue weighted by Crippen LogP contribution is -2.25. The summed E-state index contributed by atoms with van der Waals surface area (Å²) in [6, 6.07) is 4.56. The molecule has 0 amide bonds. The van der Waals surface area contributed by atoms with Crippen molar-refractivity contribution in [3.05, 3.63) is 29.6 Å². The third-order valence-electron chi connectivity index (χ3n) is 3.76. The van der Waals surface area contributed by atoms with E-state index in [4.69, 9.17) is 0 Å². The summed E-state index contributed by atoms with van der Waals surface area (Å²) >= 11 is 0. The normalized spacial score (nSPS) is 22.9. The van der Waals surface area contributed by atoms with Gasteiger partial charge in [-0.3, -0.25) is 0 Å².